The largest absolute Gasteiger partial charge is 0.348 e. The molecule has 3 aromatic rings. The maximum absolute atomic E-state index is 12.5. The molecule has 0 aliphatic rings. The van der Waals surface area contributed by atoms with Gasteiger partial charge in [-0.15, -0.1) is 0 Å². The first-order valence-corrected chi connectivity index (χ1v) is 9.35. The van der Waals surface area contributed by atoms with Crippen molar-refractivity contribution >= 4 is 29.1 Å². The topological polar surface area (TPSA) is 54.9 Å². The van der Waals surface area contributed by atoms with Gasteiger partial charge in [0.25, 0.3) is 5.91 Å². The Balaban J connectivity index is 1.82. The molecule has 0 spiro atoms. The molecule has 27 heavy (non-hydrogen) atoms. The number of nitrogens with zero attached hydrogens (tertiary/aromatic N) is 2. The lowest BCUT2D eigenvalue weighted by Crippen LogP contribution is -2.38. The van der Waals surface area contributed by atoms with Gasteiger partial charge in [-0.1, -0.05) is 47.5 Å². The number of carbonyl (C=O) groups is 1. The summed E-state index contributed by atoms with van der Waals surface area (Å²) in [5.41, 5.74) is 2.53. The molecule has 3 rings (SSSR count). The Bertz CT molecular complexity index is 884. The van der Waals surface area contributed by atoms with E-state index in [1.807, 2.05) is 55.5 Å². The summed E-state index contributed by atoms with van der Waals surface area (Å²) in [6.07, 6.45) is 5.25. The van der Waals surface area contributed by atoms with Gasteiger partial charge >= 0.3 is 0 Å². The highest BCUT2D eigenvalue weighted by Gasteiger charge is 2.22. The molecule has 1 amide bonds. The molecule has 1 heterocycles. The van der Waals surface area contributed by atoms with Crippen molar-refractivity contribution in [1.29, 1.82) is 0 Å². The summed E-state index contributed by atoms with van der Waals surface area (Å²) in [4.78, 5) is 20.5. The van der Waals surface area contributed by atoms with Crippen molar-refractivity contribution < 1.29 is 4.79 Å². The number of hydrogen-bond donors (Lipinski definition) is 1. The third-order valence-electron chi connectivity index (χ3n) is 4.43. The van der Waals surface area contributed by atoms with E-state index in [2.05, 4.69) is 15.3 Å². The molecule has 0 radical (unpaired) electrons. The molecule has 0 saturated heterocycles. The molecule has 1 N–H and O–H groups in total. The fraction of sp³-hybridized carbons (Fsp3) is 0.190. The second-order valence-corrected chi connectivity index (χ2v) is 7.21. The number of rotatable bonds is 6. The smallest absolute Gasteiger partial charge is 0.271 e. The van der Waals surface area contributed by atoms with Crippen molar-refractivity contribution in [2.45, 2.75) is 25.3 Å². The van der Waals surface area contributed by atoms with Crippen LogP contribution in [0.1, 0.15) is 34.5 Å². The maximum atomic E-state index is 12.5. The summed E-state index contributed by atoms with van der Waals surface area (Å²) < 4.78 is 0. The maximum Gasteiger partial charge on any atom is 0.271 e. The molecule has 0 aliphatic heterocycles. The average molecular weight is 400 g/mol. The number of benzene rings is 2. The highest BCUT2D eigenvalue weighted by atomic mass is 35.5. The number of aromatic nitrogens is 2. The van der Waals surface area contributed by atoms with Crippen LogP contribution >= 0.6 is 23.2 Å². The van der Waals surface area contributed by atoms with E-state index in [9.17, 15) is 4.79 Å². The summed E-state index contributed by atoms with van der Waals surface area (Å²) in [6.45, 7) is 1.99. The Morgan fingerprint density at radius 2 is 1.63 bits per heavy atom. The first-order valence-electron chi connectivity index (χ1n) is 8.59. The van der Waals surface area contributed by atoms with E-state index in [4.69, 9.17) is 23.2 Å². The van der Waals surface area contributed by atoms with Gasteiger partial charge in [0.1, 0.15) is 5.69 Å². The fourth-order valence-corrected chi connectivity index (χ4v) is 3.22. The minimum Gasteiger partial charge on any atom is -0.348 e. The van der Waals surface area contributed by atoms with Crippen molar-refractivity contribution in [2.75, 3.05) is 0 Å². The van der Waals surface area contributed by atoms with Crippen molar-refractivity contribution in [2.24, 2.45) is 0 Å². The number of nitrogens with one attached hydrogen (secondary N) is 1. The SMILES string of the molecule is CC(NC(=O)c1cnccn1)C(Cc1ccc(Cl)cc1)c1ccc(Cl)cc1. The van der Waals surface area contributed by atoms with Gasteiger partial charge < -0.3 is 5.32 Å². The zero-order valence-electron chi connectivity index (χ0n) is 14.8. The zero-order valence-corrected chi connectivity index (χ0v) is 16.3. The Hall–Kier alpha value is -2.43. The van der Waals surface area contributed by atoms with Crippen LogP contribution in [0, 0.1) is 0 Å². The molecule has 138 valence electrons. The van der Waals surface area contributed by atoms with Gasteiger partial charge in [0, 0.05) is 34.4 Å². The number of amides is 1. The van der Waals surface area contributed by atoms with Crippen molar-refractivity contribution in [3.8, 4) is 0 Å². The zero-order chi connectivity index (χ0) is 19.2. The Morgan fingerprint density at radius 1 is 1.00 bits per heavy atom. The molecule has 2 unspecified atom stereocenters. The minimum absolute atomic E-state index is 0.0593. The summed E-state index contributed by atoms with van der Waals surface area (Å²) in [6, 6.07) is 15.3. The van der Waals surface area contributed by atoms with Crippen LogP contribution in [0.25, 0.3) is 0 Å². The molecular weight excluding hydrogens is 381 g/mol. The predicted molar refractivity (Wildman–Crippen MR) is 108 cm³/mol. The van der Waals surface area contributed by atoms with E-state index in [0.29, 0.717) is 15.7 Å². The highest BCUT2D eigenvalue weighted by molar-refractivity contribution is 6.30. The summed E-state index contributed by atoms with van der Waals surface area (Å²) >= 11 is 12.0. The highest BCUT2D eigenvalue weighted by Crippen LogP contribution is 2.27. The van der Waals surface area contributed by atoms with E-state index in [0.717, 1.165) is 17.5 Å². The molecule has 0 bridgehead atoms. The molecule has 0 aliphatic carbocycles. The normalized spacial score (nSPS) is 13.0. The number of carbonyl (C=O) groups excluding carboxylic acids is 1. The summed E-state index contributed by atoms with van der Waals surface area (Å²) in [7, 11) is 0. The molecule has 1 aromatic heterocycles. The Kier molecular flexibility index (Phi) is 6.43. The van der Waals surface area contributed by atoms with Gasteiger partial charge in [-0.25, -0.2) is 4.98 Å². The molecule has 0 saturated carbocycles. The Labute approximate surface area is 168 Å². The number of hydrogen-bond acceptors (Lipinski definition) is 3. The van der Waals surface area contributed by atoms with Crippen LogP contribution in [-0.2, 0) is 6.42 Å². The van der Waals surface area contributed by atoms with E-state index >= 15 is 0 Å². The van der Waals surface area contributed by atoms with Gasteiger partial charge in [-0.05, 0) is 48.7 Å². The predicted octanol–water partition coefficient (Wildman–Crippen LogP) is 4.93. The van der Waals surface area contributed by atoms with Crippen LogP contribution in [0.3, 0.4) is 0 Å². The molecular formula is C21H19Cl2N3O. The van der Waals surface area contributed by atoms with Crippen LogP contribution in [0.15, 0.2) is 67.1 Å². The summed E-state index contributed by atoms with van der Waals surface area (Å²) in [5.74, 6) is -0.185. The summed E-state index contributed by atoms with van der Waals surface area (Å²) in [5, 5.41) is 4.42. The molecule has 0 fully saturated rings. The van der Waals surface area contributed by atoms with E-state index in [1.165, 1.54) is 18.6 Å². The standard InChI is InChI=1S/C21H19Cl2N3O/c1-14(26-21(27)20-13-24-10-11-25-20)19(16-4-8-18(23)9-5-16)12-15-2-6-17(22)7-3-15/h2-11,13-14,19H,12H2,1H3,(H,26,27). The third kappa shape index (κ3) is 5.28. The Morgan fingerprint density at radius 3 is 2.22 bits per heavy atom. The van der Waals surface area contributed by atoms with Crippen LogP contribution in [0.2, 0.25) is 10.0 Å². The minimum atomic E-state index is -0.245. The van der Waals surface area contributed by atoms with Crippen molar-refractivity contribution in [1.82, 2.24) is 15.3 Å². The average Bonchev–Trinajstić information content (AvgIpc) is 2.69. The van der Waals surface area contributed by atoms with Crippen molar-refractivity contribution in [3.05, 3.63) is 94.0 Å². The monoisotopic (exact) mass is 399 g/mol. The molecule has 6 heteroatoms. The third-order valence-corrected chi connectivity index (χ3v) is 4.93. The number of halogens is 2. The van der Waals surface area contributed by atoms with Crippen LogP contribution in [0.5, 0.6) is 0 Å². The second-order valence-electron chi connectivity index (χ2n) is 6.34. The first kappa shape index (κ1) is 19.3. The molecule has 4 nitrogen and oxygen atoms in total. The van der Waals surface area contributed by atoms with Crippen LogP contribution in [0.4, 0.5) is 0 Å². The van der Waals surface area contributed by atoms with Gasteiger partial charge in [0.15, 0.2) is 0 Å². The van der Waals surface area contributed by atoms with Gasteiger partial charge in [0.05, 0.1) is 6.20 Å². The fourth-order valence-electron chi connectivity index (χ4n) is 2.97. The van der Waals surface area contributed by atoms with Crippen molar-refractivity contribution in [3.63, 3.8) is 0 Å². The van der Waals surface area contributed by atoms with E-state index in [-0.39, 0.29) is 17.9 Å². The lowest BCUT2D eigenvalue weighted by atomic mass is 9.86. The second kappa shape index (κ2) is 8.98. The van der Waals surface area contributed by atoms with Gasteiger partial charge in [-0.2, -0.15) is 0 Å². The first-order chi connectivity index (χ1) is 13.0. The lowest BCUT2D eigenvalue weighted by Gasteiger charge is -2.26. The van der Waals surface area contributed by atoms with E-state index in [1.54, 1.807) is 0 Å². The quantitative estimate of drug-likeness (QED) is 0.639. The van der Waals surface area contributed by atoms with Gasteiger partial charge in [-0.3, -0.25) is 9.78 Å². The van der Waals surface area contributed by atoms with Gasteiger partial charge in [0.2, 0.25) is 0 Å². The lowest BCUT2D eigenvalue weighted by molar-refractivity contribution is 0.0929. The van der Waals surface area contributed by atoms with Crippen LogP contribution < -0.4 is 5.32 Å². The molecule has 2 atom stereocenters. The van der Waals surface area contributed by atoms with Crippen LogP contribution in [-0.4, -0.2) is 21.9 Å². The van der Waals surface area contributed by atoms with E-state index < -0.39 is 0 Å². The molecule has 2 aromatic carbocycles.